The Morgan fingerprint density at radius 2 is 2.15 bits per heavy atom. The van der Waals surface area contributed by atoms with Gasteiger partial charge in [0.2, 0.25) is 0 Å². The first-order valence-corrected chi connectivity index (χ1v) is 9.31. The molecule has 7 nitrogen and oxygen atoms in total. The van der Waals surface area contributed by atoms with Crippen LogP contribution in [0, 0.1) is 0 Å². The largest absolute Gasteiger partial charge is 0.493 e. The second-order valence-corrected chi connectivity index (χ2v) is 6.74. The molecule has 0 amide bonds. The van der Waals surface area contributed by atoms with Gasteiger partial charge >= 0.3 is 5.97 Å². The van der Waals surface area contributed by atoms with Crippen molar-refractivity contribution in [2.45, 2.75) is 6.42 Å². The monoisotopic (exact) mass is 378 g/mol. The van der Waals surface area contributed by atoms with Crippen molar-refractivity contribution in [2.75, 3.05) is 46.6 Å². The van der Waals surface area contributed by atoms with Gasteiger partial charge in [-0.15, -0.1) is 11.3 Å². The Bertz CT molecular complexity index is 743. The number of carboxylic acid groups (broad SMARTS) is 1. The molecule has 1 aromatic carbocycles. The molecular weight excluding hydrogens is 356 g/mol. The maximum atomic E-state index is 10.8. The third-order valence-electron chi connectivity index (χ3n) is 4.06. The highest BCUT2D eigenvalue weighted by Crippen LogP contribution is 2.33. The van der Waals surface area contributed by atoms with Crippen molar-refractivity contribution in [3.05, 3.63) is 29.3 Å². The number of ether oxygens (including phenoxy) is 3. The van der Waals surface area contributed by atoms with Crippen LogP contribution in [0.15, 0.2) is 23.6 Å². The number of aromatic nitrogens is 1. The fourth-order valence-corrected chi connectivity index (χ4v) is 3.52. The first-order chi connectivity index (χ1) is 12.7. The normalized spacial score (nSPS) is 15.0. The molecular formula is C18H22N2O5S. The highest BCUT2D eigenvalue weighted by molar-refractivity contribution is 7.13. The summed E-state index contributed by atoms with van der Waals surface area (Å²) in [7, 11) is 1.60. The Kier molecular flexibility index (Phi) is 6.43. The van der Waals surface area contributed by atoms with Crippen LogP contribution in [0.25, 0.3) is 10.6 Å². The van der Waals surface area contributed by atoms with Gasteiger partial charge in [0.1, 0.15) is 11.6 Å². The number of thiazole rings is 1. The van der Waals surface area contributed by atoms with Gasteiger partial charge < -0.3 is 19.3 Å². The summed E-state index contributed by atoms with van der Waals surface area (Å²) in [6.45, 7) is 4.84. The van der Waals surface area contributed by atoms with Gasteiger partial charge in [-0.3, -0.25) is 9.69 Å². The van der Waals surface area contributed by atoms with E-state index in [1.165, 1.54) is 11.3 Å². The smallest absolute Gasteiger partial charge is 0.309 e. The lowest BCUT2D eigenvalue weighted by Crippen LogP contribution is -2.38. The second kappa shape index (κ2) is 8.98. The highest BCUT2D eigenvalue weighted by atomic mass is 32.1. The molecule has 1 aliphatic heterocycles. The lowest BCUT2D eigenvalue weighted by Gasteiger charge is -2.26. The Morgan fingerprint density at radius 3 is 2.88 bits per heavy atom. The van der Waals surface area contributed by atoms with Crippen molar-refractivity contribution in [2.24, 2.45) is 0 Å². The molecule has 0 spiro atoms. The maximum Gasteiger partial charge on any atom is 0.309 e. The van der Waals surface area contributed by atoms with Crippen LogP contribution in [-0.4, -0.2) is 67.5 Å². The summed E-state index contributed by atoms with van der Waals surface area (Å²) < 4.78 is 16.7. The van der Waals surface area contributed by atoms with Gasteiger partial charge in [-0.1, -0.05) is 0 Å². The Morgan fingerprint density at radius 1 is 1.35 bits per heavy atom. The van der Waals surface area contributed by atoms with Gasteiger partial charge in [-0.25, -0.2) is 4.98 Å². The van der Waals surface area contributed by atoms with Crippen molar-refractivity contribution in [1.82, 2.24) is 9.88 Å². The third-order valence-corrected chi connectivity index (χ3v) is 5.00. The number of rotatable bonds is 8. The SMILES string of the molecule is COc1cc(-c2nc(CC(=O)O)cs2)ccc1OCCN1CCOCC1. The molecule has 26 heavy (non-hydrogen) atoms. The number of benzene rings is 1. The van der Waals surface area contributed by atoms with Gasteiger partial charge in [0.15, 0.2) is 11.5 Å². The highest BCUT2D eigenvalue weighted by Gasteiger charge is 2.13. The summed E-state index contributed by atoms with van der Waals surface area (Å²) >= 11 is 1.42. The molecule has 1 saturated heterocycles. The minimum Gasteiger partial charge on any atom is -0.493 e. The number of carboxylic acids is 1. The zero-order valence-corrected chi connectivity index (χ0v) is 15.5. The second-order valence-electron chi connectivity index (χ2n) is 5.88. The summed E-state index contributed by atoms with van der Waals surface area (Å²) in [6, 6.07) is 5.65. The third kappa shape index (κ3) is 4.94. The van der Waals surface area contributed by atoms with Gasteiger partial charge in [0, 0.05) is 30.6 Å². The first-order valence-electron chi connectivity index (χ1n) is 8.43. The molecule has 8 heteroatoms. The molecule has 2 heterocycles. The molecule has 0 atom stereocenters. The minimum atomic E-state index is -0.886. The van der Waals surface area contributed by atoms with E-state index >= 15 is 0 Å². The van der Waals surface area contributed by atoms with Crippen molar-refractivity contribution in [1.29, 1.82) is 0 Å². The zero-order chi connectivity index (χ0) is 18.4. The summed E-state index contributed by atoms with van der Waals surface area (Å²) in [6.07, 6.45) is -0.0730. The molecule has 0 unspecified atom stereocenters. The zero-order valence-electron chi connectivity index (χ0n) is 14.6. The lowest BCUT2D eigenvalue weighted by atomic mass is 10.2. The van der Waals surface area contributed by atoms with E-state index in [-0.39, 0.29) is 6.42 Å². The minimum absolute atomic E-state index is 0.0730. The molecule has 0 bridgehead atoms. The Hall–Kier alpha value is -2.16. The predicted molar refractivity (Wildman–Crippen MR) is 98.2 cm³/mol. The van der Waals surface area contributed by atoms with E-state index in [1.807, 2.05) is 18.2 Å². The molecule has 0 saturated carbocycles. The molecule has 1 N–H and O–H groups in total. The van der Waals surface area contributed by atoms with Crippen LogP contribution in [0.5, 0.6) is 11.5 Å². The molecule has 0 aliphatic carbocycles. The molecule has 3 rings (SSSR count). The first kappa shape index (κ1) is 18.6. The van der Waals surface area contributed by atoms with Crippen LogP contribution in [0.4, 0.5) is 0 Å². The number of aliphatic carboxylic acids is 1. The van der Waals surface area contributed by atoms with Gasteiger partial charge in [0.25, 0.3) is 0 Å². The standard InChI is InChI=1S/C18H22N2O5S/c1-23-16-10-13(18-19-14(12-26-18)11-17(21)22)2-3-15(16)25-9-6-20-4-7-24-8-5-20/h2-3,10,12H,4-9,11H2,1H3,(H,21,22). The molecule has 0 radical (unpaired) electrons. The van der Waals surface area contributed by atoms with E-state index < -0.39 is 5.97 Å². The lowest BCUT2D eigenvalue weighted by molar-refractivity contribution is -0.136. The van der Waals surface area contributed by atoms with Gasteiger partial charge in [-0.05, 0) is 18.2 Å². The van der Waals surface area contributed by atoms with Crippen LogP contribution in [-0.2, 0) is 16.0 Å². The predicted octanol–water partition coefficient (Wildman–Crippen LogP) is 2.16. The van der Waals surface area contributed by atoms with Gasteiger partial charge in [0.05, 0.1) is 32.4 Å². The Labute approximate surface area is 156 Å². The molecule has 2 aromatic rings. The summed E-state index contributed by atoms with van der Waals surface area (Å²) in [5.41, 5.74) is 1.44. The molecule has 1 aromatic heterocycles. The number of nitrogens with zero attached hydrogens (tertiary/aromatic N) is 2. The van der Waals surface area contributed by atoms with E-state index in [0.717, 1.165) is 43.4 Å². The van der Waals surface area contributed by atoms with Crippen molar-refractivity contribution >= 4 is 17.3 Å². The van der Waals surface area contributed by atoms with E-state index in [0.29, 0.717) is 23.8 Å². The number of methoxy groups -OCH3 is 1. The summed E-state index contributed by atoms with van der Waals surface area (Å²) in [5, 5.41) is 11.4. The fourth-order valence-electron chi connectivity index (χ4n) is 2.71. The average Bonchev–Trinajstić information content (AvgIpc) is 3.10. The van der Waals surface area contributed by atoms with Crippen LogP contribution in [0.2, 0.25) is 0 Å². The average molecular weight is 378 g/mol. The van der Waals surface area contributed by atoms with Gasteiger partial charge in [-0.2, -0.15) is 0 Å². The summed E-state index contributed by atoms with van der Waals surface area (Å²) in [4.78, 5) is 17.5. The van der Waals surface area contributed by atoms with Crippen LogP contribution >= 0.6 is 11.3 Å². The van der Waals surface area contributed by atoms with E-state index in [9.17, 15) is 4.79 Å². The summed E-state index contributed by atoms with van der Waals surface area (Å²) in [5.74, 6) is 0.440. The van der Waals surface area contributed by atoms with Crippen LogP contribution < -0.4 is 9.47 Å². The quantitative estimate of drug-likeness (QED) is 0.754. The van der Waals surface area contributed by atoms with Crippen LogP contribution in [0.1, 0.15) is 5.69 Å². The van der Waals surface area contributed by atoms with Crippen molar-refractivity contribution in [3.8, 4) is 22.1 Å². The van der Waals surface area contributed by atoms with Crippen molar-refractivity contribution in [3.63, 3.8) is 0 Å². The molecule has 1 fully saturated rings. The fraction of sp³-hybridized carbons (Fsp3) is 0.444. The number of morpholine rings is 1. The number of hydrogen-bond donors (Lipinski definition) is 1. The van der Waals surface area contributed by atoms with E-state index in [1.54, 1.807) is 12.5 Å². The molecule has 140 valence electrons. The number of hydrogen-bond acceptors (Lipinski definition) is 7. The van der Waals surface area contributed by atoms with Crippen molar-refractivity contribution < 1.29 is 24.1 Å². The maximum absolute atomic E-state index is 10.8. The Balaban J connectivity index is 1.63. The van der Waals surface area contributed by atoms with E-state index in [4.69, 9.17) is 19.3 Å². The topological polar surface area (TPSA) is 81.1 Å². The molecule has 1 aliphatic rings. The number of carbonyl (C=O) groups is 1. The van der Waals surface area contributed by atoms with E-state index in [2.05, 4.69) is 9.88 Å². The van der Waals surface area contributed by atoms with Crippen LogP contribution in [0.3, 0.4) is 0 Å².